The van der Waals surface area contributed by atoms with Crippen LogP contribution in [0.1, 0.15) is 57.8 Å². The lowest BCUT2D eigenvalue weighted by Gasteiger charge is -2.31. The molecule has 1 N–H and O–H groups in total. The van der Waals surface area contributed by atoms with Gasteiger partial charge in [0.1, 0.15) is 0 Å². The number of aromatic nitrogens is 2. The maximum Gasteiger partial charge on any atom is 0.0834 e. The molecule has 2 atom stereocenters. The molecule has 0 bridgehead atoms. The summed E-state index contributed by atoms with van der Waals surface area (Å²) in [6.07, 6.45) is 5.72. The lowest BCUT2D eigenvalue weighted by Crippen LogP contribution is -2.34. The number of nitrogens with zero attached hydrogens (tertiary/aromatic N) is 2. The third-order valence-electron chi connectivity index (χ3n) is 3.58. The zero-order valence-corrected chi connectivity index (χ0v) is 13.6. The van der Waals surface area contributed by atoms with Gasteiger partial charge in [0.05, 0.1) is 23.0 Å². The Morgan fingerprint density at radius 3 is 2.89 bits per heavy atom. The fourth-order valence-corrected chi connectivity index (χ4v) is 4.38. The Labute approximate surface area is 125 Å². The molecule has 1 saturated heterocycles. The van der Waals surface area contributed by atoms with Gasteiger partial charge in [-0.1, -0.05) is 24.9 Å². The Bertz CT molecular complexity index is 399. The predicted molar refractivity (Wildman–Crippen MR) is 84.1 cm³/mol. The summed E-state index contributed by atoms with van der Waals surface area (Å²) in [7, 11) is 0. The Morgan fingerprint density at radius 1 is 1.53 bits per heavy atom. The maximum atomic E-state index is 6.41. The van der Waals surface area contributed by atoms with E-state index in [-0.39, 0.29) is 0 Å². The van der Waals surface area contributed by atoms with Gasteiger partial charge in [-0.3, -0.25) is 4.68 Å². The number of halogens is 1. The Hall–Kier alpha value is -0.190. The SMILES string of the molecule is CCNC(c1c(Cl)cnn1C(C)C)C1CCCCS1. The van der Waals surface area contributed by atoms with Crippen molar-refractivity contribution >= 4 is 23.4 Å². The van der Waals surface area contributed by atoms with Gasteiger partial charge in [-0.2, -0.15) is 16.9 Å². The minimum absolute atomic E-state index is 0.313. The molecule has 0 saturated carbocycles. The summed E-state index contributed by atoms with van der Waals surface area (Å²) in [6, 6.07) is 0.657. The fraction of sp³-hybridized carbons (Fsp3) is 0.786. The first-order chi connectivity index (χ1) is 9.15. The van der Waals surface area contributed by atoms with Crippen molar-refractivity contribution < 1.29 is 0 Å². The van der Waals surface area contributed by atoms with E-state index in [2.05, 4.69) is 47.6 Å². The topological polar surface area (TPSA) is 29.9 Å². The number of hydrogen-bond acceptors (Lipinski definition) is 3. The Balaban J connectivity index is 2.29. The zero-order valence-electron chi connectivity index (χ0n) is 12.0. The summed E-state index contributed by atoms with van der Waals surface area (Å²) in [5, 5.41) is 9.48. The molecular formula is C14H24ClN3S. The van der Waals surface area contributed by atoms with Crippen molar-refractivity contribution in [3.63, 3.8) is 0 Å². The average molecular weight is 302 g/mol. The van der Waals surface area contributed by atoms with E-state index in [9.17, 15) is 0 Å². The second-order valence-electron chi connectivity index (χ2n) is 5.36. The van der Waals surface area contributed by atoms with Crippen molar-refractivity contribution in [1.29, 1.82) is 0 Å². The molecule has 19 heavy (non-hydrogen) atoms. The van der Waals surface area contributed by atoms with Crippen molar-refractivity contribution in [3.8, 4) is 0 Å². The third-order valence-corrected chi connectivity index (χ3v) is 5.33. The lowest BCUT2D eigenvalue weighted by molar-refractivity contribution is 0.426. The molecule has 2 rings (SSSR count). The Morgan fingerprint density at radius 2 is 2.32 bits per heavy atom. The van der Waals surface area contributed by atoms with E-state index in [1.54, 1.807) is 6.20 Å². The average Bonchev–Trinajstić information content (AvgIpc) is 2.79. The molecule has 1 aliphatic heterocycles. The molecule has 2 heterocycles. The highest BCUT2D eigenvalue weighted by Crippen LogP contribution is 2.37. The highest BCUT2D eigenvalue weighted by Gasteiger charge is 2.30. The predicted octanol–water partition coefficient (Wildman–Crippen LogP) is 4.05. The molecule has 3 nitrogen and oxygen atoms in total. The molecule has 2 unspecified atom stereocenters. The molecule has 0 spiro atoms. The standard InChI is InChI=1S/C14H24ClN3S/c1-4-16-13(12-7-5-6-8-19-12)14-11(15)9-17-18(14)10(2)3/h9-10,12-13,16H,4-8H2,1-3H3. The van der Waals surface area contributed by atoms with Crippen LogP contribution in [0.15, 0.2) is 6.20 Å². The number of rotatable bonds is 5. The first-order valence-corrected chi connectivity index (χ1v) is 8.65. The molecule has 1 aromatic rings. The van der Waals surface area contributed by atoms with E-state index in [4.69, 9.17) is 11.6 Å². The highest BCUT2D eigenvalue weighted by molar-refractivity contribution is 8.00. The molecule has 5 heteroatoms. The fourth-order valence-electron chi connectivity index (χ4n) is 2.71. The molecule has 0 aromatic carbocycles. The van der Waals surface area contributed by atoms with Gasteiger partial charge >= 0.3 is 0 Å². The minimum atomic E-state index is 0.313. The van der Waals surface area contributed by atoms with Crippen LogP contribution in [0.3, 0.4) is 0 Å². The second-order valence-corrected chi connectivity index (χ2v) is 7.11. The van der Waals surface area contributed by atoms with Crippen LogP contribution >= 0.6 is 23.4 Å². The maximum absolute atomic E-state index is 6.41. The van der Waals surface area contributed by atoms with E-state index in [1.165, 1.54) is 25.0 Å². The summed E-state index contributed by atoms with van der Waals surface area (Å²) >= 11 is 8.48. The van der Waals surface area contributed by atoms with E-state index in [1.807, 2.05) is 0 Å². The second kappa shape index (κ2) is 7.00. The van der Waals surface area contributed by atoms with E-state index >= 15 is 0 Å². The van der Waals surface area contributed by atoms with Crippen LogP contribution in [0.25, 0.3) is 0 Å². The van der Waals surface area contributed by atoms with Gasteiger partial charge < -0.3 is 5.32 Å². The molecule has 0 radical (unpaired) electrons. The van der Waals surface area contributed by atoms with Crippen molar-refractivity contribution in [1.82, 2.24) is 15.1 Å². The first kappa shape index (κ1) is 15.2. The van der Waals surface area contributed by atoms with Gasteiger partial charge in [0.25, 0.3) is 0 Å². The molecule has 1 fully saturated rings. The number of nitrogens with one attached hydrogen (secondary N) is 1. The largest absolute Gasteiger partial charge is 0.308 e. The highest BCUT2D eigenvalue weighted by atomic mass is 35.5. The summed E-state index contributed by atoms with van der Waals surface area (Å²) in [4.78, 5) is 0. The molecule has 108 valence electrons. The number of thioether (sulfide) groups is 1. The van der Waals surface area contributed by atoms with Gasteiger partial charge in [0.15, 0.2) is 0 Å². The van der Waals surface area contributed by atoms with Crippen LogP contribution in [0, 0.1) is 0 Å². The monoisotopic (exact) mass is 301 g/mol. The van der Waals surface area contributed by atoms with Crippen LogP contribution < -0.4 is 5.32 Å². The van der Waals surface area contributed by atoms with Gasteiger partial charge in [-0.05, 0) is 39.0 Å². The first-order valence-electron chi connectivity index (χ1n) is 7.23. The summed E-state index contributed by atoms with van der Waals surface area (Å²) in [6.45, 7) is 7.43. The van der Waals surface area contributed by atoms with E-state index < -0.39 is 0 Å². The Kier molecular flexibility index (Phi) is 5.60. The van der Waals surface area contributed by atoms with Crippen LogP contribution in [0.5, 0.6) is 0 Å². The van der Waals surface area contributed by atoms with Gasteiger partial charge in [-0.25, -0.2) is 0 Å². The summed E-state index contributed by atoms with van der Waals surface area (Å²) in [5.41, 5.74) is 1.16. The number of hydrogen-bond donors (Lipinski definition) is 1. The third kappa shape index (κ3) is 3.47. The van der Waals surface area contributed by atoms with Crippen LogP contribution in [0.4, 0.5) is 0 Å². The lowest BCUT2D eigenvalue weighted by atomic mass is 10.0. The van der Waals surface area contributed by atoms with Gasteiger partial charge in [0, 0.05) is 11.3 Å². The molecular weight excluding hydrogens is 278 g/mol. The van der Waals surface area contributed by atoms with Crippen LogP contribution in [0.2, 0.25) is 5.02 Å². The van der Waals surface area contributed by atoms with Crippen molar-refractivity contribution in [3.05, 3.63) is 16.9 Å². The summed E-state index contributed by atoms with van der Waals surface area (Å²) < 4.78 is 2.07. The molecule has 0 amide bonds. The van der Waals surface area contributed by atoms with Crippen molar-refractivity contribution in [2.75, 3.05) is 12.3 Å². The molecule has 1 aliphatic rings. The van der Waals surface area contributed by atoms with E-state index in [0.717, 1.165) is 17.3 Å². The van der Waals surface area contributed by atoms with Crippen molar-refractivity contribution in [2.24, 2.45) is 0 Å². The minimum Gasteiger partial charge on any atom is -0.308 e. The molecule has 1 aromatic heterocycles. The van der Waals surface area contributed by atoms with Crippen molar-refractivity contribution in [2.45, 2.75) is 57.4 Å². The van der Waals surface area contributed by atoms with Gasteiger partial charge in [-0.15, -0.1) is 0 Å². The smallest absolute Gasteiger partial charge is 0.0834 e. The zero-order chi connectivity index (χ0) is 13.8. The van der Waals surface area contributed by atoms with E-state index in [0.29, 0.717) is 17.3 Å². The summed E-state index contributed by atoms with van der Waals surface area (Å²) in [5.74, 6) is 1.26. The molecule has 0 aliphatic carbocycles. The quantitative estimate of drug-likeness (QED) is 0.889. The van der Waals surface area contributed by atoms with Crippen LogP contribution in [-0.2, 0) is 0 Å². The normalized spacial score (nSPS) is 21.8. The van der Waals surface area contributed by atoms with Gasteiger partial charge in [0.2, 0.25) is 0 Å². The van der Waals surface area contributed by atoms with Crippen LogP contribution in [-0.4, -0.2) is 27.3 Å².